The maximum Gasteiger partial charge on any atom is 0.410 e. The van der Waals surface area contributed by atoms with Gasteiger partial charge in [0, 0.05) is 45.3 Å². The largest absolute Gasteiger partial charge is 0.496 e. The molecule has 2 saturated heterocycles. The molecule has 2 aliphatic heterocycles. The second-order valence-corrected chi connectivity index (χ2v) is 7.88. The van der Waals surface area contributed by atoms with Crippen molar-refractivity contribution in [2.75, 3.05) is 40.5 Å². The second kappa shape index (κ2) is 8.43. The quantitative estimate of drug-likeness (QED) is 0.720. The molecule has 29 heavy (non-hydrogen) atoms. The molecule has 0 spiro atoms. The van der Waals surface area contributed by atoms with E-state index in [4.69, 9.17) is 14.2 Å². The Morgan fingerprint density at radius 3 is 2.66 bits per heavy atom. The van der Waals surface area contributed by atoms with Crippen LogP contribution in [-0.2, 0) is 29.0 Å². The van der Waals surface area contributed by atoms with E-state index >= 15 is 0 Å². The summed E-state index contributed by atoms with van der Waals surface area (Å²) in [5.41, 5.74) is 3.18. The minimum atomic E-state index is -0.307. The lowest BCUT2D eigenvalue weighted by molar-refractivity contribution is 0.0476. The Kier molecular flexibility index (Phi) is 5.74. The fraction of sp³-hybridized carbons (Fsp3) is 0.435. The van der Waals surface area contributed by atoms with E-state index < -0.39 is 0 Å². The number of piperazine rings is 1. The van der Waals surface area contributed by atoms with Crippen molar-refractivity contribution in [1.82, 2.24) is 9.80 Å². The van der Waals surface area contributed by atoms with E-state index in [0.29, 0.717) is 19.8 Å². The standard InChI is InChI=1S/C23H28N2O4/c1-27-15-20-12-19(8-9-21(20)28-2)14-24-10-11-25-22(26)29-17-23(25,16-24)13-18-6-4-3-5-7-18/h3-9,12H,10-11,13-17H2,1-2H3. The van der Waals surface area contributed by atoms with Crippen LogP contribution in [0.2, 0.25) is 0 Å². The summed E-state index contributed by atoms with van der Waals surface area (Å²) in [7, 11) is 3.37. The lowest BCUT2D eigenvalue weighted by Gasteiger charge is -2.45. The number of benzene rings is 2. The monoisotopic (exact) mass is 396 g/mol. The normalized spacial score (nSPS) is 21.7. The van der Waals surface area contributed by atoms with E-state index in [9.17, 15) is 4.79 Å². The van der Waals surface area contributed by atoms with Gasteiger partial charge < -0.3 is 14.2 Å². The van der Waals surface area contributed by atoms with Crippen molar-refractivity contribution in [2.45, 2.75) is 25.1 Å². The Bertz CT molecular complexity index is 857. The van der Waals surface area contributed by atoms with Crippen LogP contribution in [0.25, 0.3) is 0 Å². The van der Waals surface area contributed by atoms with Gasteiger partial charge in [-0.2, -0.15) is 0 Å². The van der Waals surface area contributed by atoms with Crippen LogP contribution < -0.4 is 4.74 Å². The summed E-state index contributed by atoms with van der Waals surface area (Å²) in [5, 5.41) is 0. The number of methoxy groups -OCH3 is 2. The lowest BCUT2D eigenvalue weighted by Crippen LogP contribution is -2.62. The van der Waals surface area contributed by atoms with Gasteiger partial charge in [-0.3, -0.25) is 9.80 Å². The molecule has 2 aromatic rings. The summed E-state index contributed by atoms with van der Waals surface area (Å²) in [5.74, 6) is 0.843. The third-order valence-corrected chi connectivity index (χ3v) is 5.84. The Balaban J connectivity index is 1.53. The summed E-state index contributed by atoms with van der Waals surface area (Å²) in [6.45, 7) is 4.09. The highest BCUT2D eigenvalue weighted by Crippen LogP contribution is 2.33. The molecule has 4 rings (SSSR count). The van der Waals surface area contributed by atoms with Crippen molar-refractivity contribution in [3.63, 3.8) is 0 Å². The van der Waals surface area contributed by atoms with Gasteiger partial charge in [0.1, 0.15) is 12.4 Å². The summed E-state index contributed by atoms with van der Waals surface area (Å²) in [6, 6.07) is 16.6. The molecule has 154 valence electrons. The zero-order chi connectivity index (χ0) is 20.3. The molecule has 0 saturated carbocycles. The molecule has 2 heterocycles. The zero-order valence-corrected chi connectivity index (χ0v) is 17.1. The zero-order valence-electron chi connectivity index (χ0n) is 17.1. The van der Waals surface area contributed by atoms with Gasteiger partial charge in [0.25, 0.3) is 0 Å². The van der Waals surface area contributed by atoms with Gasteiger partial charge in [-0.05, 0) is 23.3 Å². The van der Waals surface area contributed by atoms with Gasteiger partial charge in [0.05, 0.1) is 19.3 Å². The molecule has 0 bridgehead atoms. The van der Waals surface area contributed by atoms with Crippen LogP contribution in [0.1, 0.15) is 16.7 Å². The van der Waals surface area contributed by atoms with Crippen LogP contribution in [0.5, 0.6) is 5.75 Å². The molecule has 1 amide bonds. The molecule has 6 nitrogen and oxygen atoms in total. The fourth-order valence-corrected chi connectivity index (χ4v) is 4.51. The van der Waals surface area contributed by atoms with Crippen molar-refractivity contribution in [2.24, 2.45) is 0 Å². The van der Waals surface area contributed by atoms with Crippen molar-refractivity contribution < 1.29 is 19.0 Å². The first-order chi connectivity index (χ1) is 14.1. The molecule has 6 heteroatoms. The lowest BCUT2D eigenvalue weighted by atomic mass is 9.88. The Morgan fingerprint density at radius 2 is 1.90 bits per heavy atom. The average molecular weight is 396 g/mol. The predicted octanol–water partition coefficient (Wildman–Crippen LogP) is 3.09. The highest BCUT2D eigenvalue weighted by atomic mass is 16.6. The molecular formula is C23H28N2O4. The fourth-order valence-electron chi connectivity index (χ4n) is 4.51. The van der Waals surface area contributed by atoms with E-state index in [0.717, 1.165) is 37.4 Å². The molecular weight excluding hydrogens is 368 g/mol. The van der Waals surface area contributed by atoms with Crippen LogP contribution in [0.4, 0.5) is 4.79 Å². The molecule has 0 radical (unpaired) electrons. The third-order valence-electron chi connectivity index (χ3n) is 5.84. The van der Waals surface area contributed by atoms with Gasteiger partial charge >= 0.3 is 6.09 Å². The molecule has 0 aromatic heterocycles. The van der Waals surface area contributed by atoms with Crippen molar-refractivity contribution in [3.05, 3.63) is 65.2 Å². The number of cyclic esters (lactones) is 1. The maximum absolute atomic E-state index is 12.3. The maximum atomic E-state index is 12.3. The van der Waals surface area contributed by atoms with Gasteiger partial charge in [0.2, 0.25) is 0 Å². The van der Waals surface area contributed by atoms with Crippen LogP contribution in [0, 0.1) is 0 Å². The van der Waals surface area contributed by atoms with Gasteiger partial charge in [0.15, 0.2) is 0 Å². The number of rotatable bonds is 7. The number of fused-ring (bicyclic) bond motifs is 1. The number of carbonyl (C=O) groups is 1. The minimum absolute atomic E-state index is 0.188. The summed E-state index contributed by atoms with van der Waals surface area (Å²) in [4.78, 5) is 16.7. The molecule has 0 N–H and O–H groups in total. The van der Waals surface area contributed by atoms with Crippen molar-refractivity contribution in [1.29, 1.82) is 0 Å². The first-order valence-corrected chi connectivity index (χ1v) is 9.99. The first-order valence-electron chi connectivity index (χ1n) is 9.99. The first kappa shape index (κ1) is 19.7. The molecule has 2 aromatic carbocycles. The number of ether oxygens (including phenoxy) is 3. The highest BCUT2D eigenvalue weighted by molar-refractivity contribution is 5.71. The Labute approximate surface area is 172 Å². The number of carbonyl (C=O) groups excluding carboxylic acids is 1. The third kappa shape index (κ3) is 4.09. The molecule has 2 aliphatic rings. The van der Waals surface area contributed by atoms with Gasteiger partial charge in [-0.15, -0.1) is 0 Å². The topological polar surface area (TPSA) is 51.2 Å². The average Bonchev–Trinajstić information content (AvgIpc) is 3.05. The second-order valence-electron chi connectivity index (χ2n) is 7.88. The van der Waals surface area contributed by atoms with Crippen LogP contribution in [0.15, 0.2) is 48.5 Å². The highest BCUT2D eigenvalue weighted by Gasteiger charge is 2.50. The van der Waals surface area contributed by atoms with Crippen molar-refractivity contribution in [3.8, 4) is 5.75 Å². The predicted molar refractivity (Wildman–Crippen MR) is 110 cm³/mol. The van der Waals surface area contributed by atoms with E-state index in [2.05, 4.69) is 29.2 Å². The van der Waals surface area contributed by atoms with E-state index in [-0.39, 0.29) is 11.6 Å². The van der Waals surface area contributed by atoms with E-state index in [1.54, 1.807) is 14.2 Å². The Morgan fingerprint density at radius 1 is 1.07 bits per heavy atom. The SMILES string of the molecule is COCc1cc(CN2CCN3C(=O)OCC3(Cc3ccccc3)C2)ccc1OC. The van der Waals surface area contributed by atoms with Crippen LogP contribution >= 0.6 is 0 Å². The number of amides is 1. The summed E-state index contributed by atoms with van der Waals surface area (Å²) < 4.78 is 16.2. The van der Waals surface area contributed by atoms with E-state index in [1.807, 2.05) is 29.2 Å². The number of nitrogens with zero attached hydrogens (tertiary/aromatic N) is 2. The molecule has 2 fully saturated rings. The van der Waals surface area contributed by atoms with E-state index in [1.165, 1.54) is 11.1 Å². The molecule has 0 aliphatic carbocycles. The number of hydrogen-bond acceptors (Lipinski definition) is 5. The molecule has 1 unspecified atom stereocenters. The molecule has 1 atom stereocenters. The summed E-state index contributed by atoms with van der Waals surface area (Å²) in [6.07, 6.45) is 0.612. The summed E-state index contributed by atoms with van der Waals surface area (Å²) >= 11 is 0. The minimum Gasteiger partial charge on any atom is -0.496 e. The van der Waals surface area contributed by atoms with Crippen LogP contribution in [-0.4, -0.2) is 61.9 Å². The number of hydrogen-bond donors (Lipinski definition) is 0. The van der Waals surface area contributed by atoms with Crippen LogP contribution in [0.3, 0.4) is 0 Å². The van der Waals surface area contributed by atoms with Crippen molar-refractivity contribution >= 4 is 6.09 Å². The van der Waals surface area contributed by atoms with Gasteiger partial charge in [-0.1, -0.05) is 36.4 Å². The Hall–Kier alpha value is -2.57. The smallest absolute Gasteiger partial charge is 0.410 e. The van der Waals surface area contributed by atoms with Gasteiger partial charge in [-0.25, -0.2) is 4.79 Å².